The Hall–Kier alpha value is -2.04. The molecule has 1 fully saturated rings. The van der Waals surface area contributed by atoms with E-state index in [0.717, 1.165) is 5.56 Å². The van der Waals surface area contributed by atoms with E-state index in [4.69, 9.17) is 16.4 Å². The van der Waals surface area contributed by atoms with Gasteiger partial charge < -0.3 is 10.8 Å². The van der Waals surface area contributed by atoms with E-state index in [1.807, 2.05) is 30.3 Å². The molecule has 0 amide bonds. The fourth-order valence-electron chi connectivity index (χ4n) is 2.27. The number of benzene rings is 1. The topological polar surface area (TPSA) is 112 Å². The van der Waals surface area contributed by atoms with Crippen LogP contribution in [0.4, 0.5) is 0 Å². The zero-order valence-electron chi connectivity index (χ0n) is 9.08. The van der Waals surface area contributed by atoms with Crippen molar-refractivity contribution in [3.8, 4) is 0 Å². The van der Waals surface area contributed by atoms with E-state index in [2.05, 4.69) is 10.0 Å². The molecule has 3 N–H and O–H groups in total. The molecule has 0 aliphatic heterocycles. The summed E-state index contributed by atoms with van der Waals surface area (Å²) >= 11 is 0. The van der Waals surface area contributed by atoms with Gasteiger partial charge in [-0.25, -0.2) is 0 Å². The zero-order valence-corrected chi connectivity index (χ0v) is 9.08. The average Bonchev–Trinajstić information content (AvgIpc) is 2.97. The molecule has 1 aliphatic rings. The third-order valence-corrected chi connectivity index (χ3v) is 3.42. The number of nitrogens with zero attached hydrogens (tertiary/aromatic N) is 3. The van der Waals surface area contributed by atoms with Crippen LogP contribution in [0.1, 0.15) is 12.0 Å². The maximum Gasteiger partial charge on any atom is 0.324 e. The van der Waals surface area contributed by atoms with E-state index >= 15 is 0 Å². The van der Waals surface area contributed by atoms with Crippen molar-refractivity contribution in [2.45, 2.75) is 17.4 Å². The molecule has 0 radical (unpaired) electrons. The van der Waals surface area contributed by atoms with Gasteiger partial charge in [-0.3, -0.25) is 4.79 Å². The minimum absolute atomic E-state index is 0.0658. The summed E-state index contributed by atoms with van der Waals surface area (Å²) in [4.78, 5) is 13.9. The molecular formula is C11H12N4O2. The molecule has 88 valence electrons. The SMILES string of the molecule is [N-]=[N+]=NCC1(c2ccccc2)CC1(N)C(=O)O. The average molecular weight is 232 g/mol. The van der Waals surface area contributed by atoms with Crippen LogP contribution in [0, 0.1) is 0 Å². The molecule has 2 unspecified atom stereocenters. The summed E-state index contributed by atoms with van der Waals surface area (Å²) in [5.74, 6) is -1.06. The number of carbonyl (C=O) groups is 1. The van der Waals surface area contributed by atoms with Crippen LogP contribution < -0.4 is 5.73 Å². The first kappa shape index (κ1) is 11.4. The van der Waals surface area contributed by atoms with Gasteiger partial charge in [0.2, 0.25) is 0 Å². The van der Waals surface area contributed by atoms with Crippen LogP contribution in [0.25, 0.3) is 10.4 Å². The zero-order chi connectivity index (χ0) is 12.5. The molecule has 0 aromatic heterocycles. The van der Waals surface area contributed by atoms with Crippen LogP contribution >= 0.6 is 0 Å². The van der Waals surface area contributed by atoms with Crippen LogP contribution in [-0.2, 0) is 10.2 Å². The third kappa shape index (κ3) is 1.54. The van der Waals surface area contributed by atoms with E-state index in [0.29, 0.717) is 6.42 Å². The third-order valence-electron chi connectivity index (χ3n) is 3.42. The molecule has 6 nitrogen and oxygen atoms in total. The largest absolute Gasteiger partial charge is 0.480 e. The number of aliphatic carboxylic acids is 1. The van der Waals surface area contributed by atoms with Gasteiger partial charge in [0, 0.05) is 16.9 Å². The Balaban J connectivity index is 2.42. The van der Waals surface area contributed by atoms with Crippen molar-refractivity contribution in [2.75, 3.05) is 6.54 Å². The van der Waals surface area contributed by atoms with Gasteiger partial charge >= 0.3 is 5.97 Å². The lowest BCUT2D eigenvalue weighted by Crippen LogP contribution is -2.42. The van der Waals surface area contributed by atoms with Crippen molar-refractivity contribution >= 4 is 5.97 Å². The highest BCUT2D eigenvalue weighted by Gasteiger charge is 2.70. The maximum atomic E-state index is 11.2. The van der Waals surface area contributed by atoms with Crippen molar-refractivity contribution in [1.82, 2.24) is 0 Å². The predicted octanol–water partition coefficient (Wildman–Crippen LogP) is 1.42. The lowest BCUT2D eigenvalue weighted by Gasteiger charge is -2.18. The summed E-state index contributed by atoms with van der Waals surface area (Å²) in [6, 6.07) is 9.09. The smallest absolute Gasteiger partial charge is 0.324 e. The molecule has 0 heterocycles. The number of rotatable bonds is 4. The number of carboxylic acids is 1. The Morgan fingerprint density at radius 2 is 2.18 bits per heavy atom. The van der Waals surface area contributed by atoms with E-state index < -0.39 is 16.9 Å². The van der Waals surface area contributed by atoms with Crippen molar-refractivity contribution in [2.24, 2.45) is 10.8 Å². The lowest BCUT2D eigenvalue weighted by atomic mass is 9.91. The Labute approximate surface area is 97.7 Å². The van der Waals surface area contributed by atoms with Gasteiger partial charge in [-0.15, -0.1) is 0 Å². The van der Waals surface area contributed by atoms with Crippen molar-refractivity contribution in [1.29, 1.82) is 0 Å². The van der Waals surface area contributed by atoms with Gasteiger partial charge in [-0.05, 0) is 17.5 Å². The van der Waals surface area contributed by atoms with E-state index in [-0.39, 0.29) is 6.54 Å². The second-order valence-corrected chi connectivity index (χ2v) is 4.29. The molecule has 6 heteroatoms. The Kier molecular flexibility index (Phi) is 2.53. The maximum absolute atomic E-state index is 11.2. The summed E-state index contributed by atoms with van der Waals surface area (Å²) in [6.45, 7) is 0.0658. The van der Waals surface area contributed by atoms with Crippen LogP contribution in [0.2, 0.25) is 0 Å². The Bertz CT molecular complexity index is 497. The van der Waals surface area contributed by atoms with Crippen LogP contribution in [0.5, 0.6) is 0 Å². The summed E-state index contributed by atoms with van der Waals surface area (Å²) < 4.78 is 0. The second-order valence-electron chi connectivity index (χ2n) is 4.29. The van der Waals surface area contributed by atoms with Crippen molar-refractivity contribution in [3.63, 3.8) is 0 Å². The summed E-state index contributed by atoms with van der Waals surface area (Å²) in [5, 5.41) is 12.6. The van der Waals surface area contributed by atoms with Gasteiger partial charge in [0.05, 0.1) is 0 Å². The quantitative estimate of drug-likeness (QED) is 0.465. The van der Waals surface area contributed by atoms with Gasteiger partial charge in [-0.2, -0.15) is 0 Å². The molecule has 0 spiro atoms. The second kappa shape index (κ2) is 3.76. The standard InChI is InChI=1S/C11H12N4O2/c12-11(9(16)17)6-10(11,7-14-15-13)8-4-2-1-3-5-8/h1-5H,6-7,12H2,(H,16,17). The fourth-order valence-corrected chi connectivity index (χ4v) is 2.27. The molecule has 1 aromatic carbocycles. The number of hydrogen-bond acceptors (Lipinski definition) is 3. The van der Waals surface area contributed by atoms with E-state index in [1.54, 1.807) is 0 Å². The fraction of sp³-hybridized carbons (Fsp3) is 0.364. The van der Waals surface area contributed by atoms with Crippen LogP contribution in [0.15, 0.2) is 35.4 Å². The molecule has 0 bridgehead atoms. The molecular weight excluding hydrogens is 220 g/mol. The number of hydrogen-bond donors (Lipinski definition) is 2. The molecule has 2 rings (SSSR count). The highest BCUT2D eigenvalue weighted by atomic mass is 16.4. The normalized spacial score (nSPS) is 30.4. The molecule has 1 saturated carbocycles. The minimum atomic E-state index is -1.33. The van der Waals surface area contributed by atoms with Gasteiger partial charge in [0.25, 0.3) is 0 Å². The molecule has 17 heavy (non-hydrogen) atoms. The molecule has 1 aromatic rings. The predicted molar refractivity (Wildman–Crippen MR) is 61.3 cm³/mol. The molecule has 1 aliphatic carbocycles. The Morgan fingerprint density at radius 3 is 2.65 bits per heavy atom. The summed E-state index contributed by atoms with van der Waals surface area (Å²) in [5.41, 5.74) is 12.9. The Morgan fingerprint density at radius 1 is 1.53 bits per heavy atom. The summed E-state index contributed by atoms with van der Waals surface area (Å²) in [7, 11) is 0. The summed E-state index contributed by atoms with van der Waals surface area (Å²) in [6.07, 6.45) is 0.290. The number of nitrogens with two attached hydrogens (primary N) is 1. The van der Waals surface area contributed by atoms with Gasteiger partial charge in [0.1, 0.15) is 5.54 Å². The van der Waals surface area contributed by atoms with E-state index in [1.165, 1.54) is 0 Å². The first-order valence-corrected chi connectivity index (χ1v) is 5.15. The lowest BCUT2D eigenvalue weighted by molar-refractivity contribution is -0.140. The van der Waals surface area contributed by atoms with Crippen LogP contribution in [0.3, 0.4) is 0 Å². The number of carboxylic acid groups (broad SMARTS) is 1. The first-order valence-electron chi connectivity index (χ1n) is 5.15. The van der Waals surface area contributed by atoms with E-state index in [9.17, 15) is 4.79 Å². The van der Waals surface area contributed by atoms with Gasteiger partial charge in [0.15, 0.2) is 0 Å². The van der Waals surface area contributed by atoms with Crippen LogP contribution in [-0.4, -0.2) is 23.2 Å². The van der Waals surface area contributed by atoms with Gasteiger partial charge in [-0.1, -0.05) is 35.4 Å². The molecule has 0 saturated heterocycles. The highest BCUT2D eigenvalue weighted by Crippen LogP contribution is 2.56. The molecule has 2 atom stereocenters. The minimum Gasteiger partial charge on any atom is -0.480 e. The monoisotopic (exact) mass is 232 g/mol. The highest BCUT2D eigenvalue weighted by molar-refractivity contribution is 5.87. The first-order chi connectivity index (χ1) is 8.07. The van der Waals surface area contributed by atoms with Crippen molar-refractivity contribution in [3.05, 3.63) is 46.3 Å². The number of azide groups is 1. The van der Waals surface area contributed by atoms with Crippen molar-refractivity contribution < 1.29 is 9.90 Å².